The van der Waals surface area contributed by atoms with Gasteiger partial charge in [0.15, 0.2) is 4.67 Å². The van der Waals surface area contributed by atoms with Crippen molar-refractivity contribution in [2.24, 2.45) is 0 Å². The molecule has 2 rings (SSSR count). The zero-order chi connectivity index (χ0) is 12.3. The van der Waals surface area contributed by atoms with E-state index in [0.29, 0.717) is 11.2 Å². The Balaban J connectivity index is 1.90. The first-order valence-electron chi connectivity index (χ1n) is 5.09. The van der Waals surface area contributed by atoms with E-state index in [1.165, 1.54) is 0 Å². The third kappa shape index (κ3) is 3.20. The number of carbonyl (C=O) groups excluding carboxylic acids is 1. The molecule has 0 radical (unpaired) electrons. The van der Waals surface area contributed by atoms with Gasteiger partial charge in [-0.3, -0.25) is 4.68 Å². The minimum absolute atomic E-state index is 0.184. The molecule has 0 unspecified atom stereocenters. The molecule has 17 heavy (non-hydrogen) atoms. The van der Waals surface area contributed by atoms with Gasteiger partial charge in [-0.2, -0.15) is 5.10 Å². The van der Waals surface area contributed by atoms with Crippen LogP contribution in [-0.4, -0.2) is 21.9 Å². The Morgan fingerprint density at radius 2 is 2.47 bits per heavy atom. The first-order chi connectivity index (χ1) is 8.15. The molecule has 0 N–H and O–H groups in total. The highest BCUT2D eigenvalue weighted by molar-refractivity contribution is 9.10. The Kier molecular flexibility index (Phi) is 3.63. The van der Waals surface area contributed by atoms with E-state index < -0.39 is 5.97 Å². The van der Waals surface area contributed by atoms with Crippen LogP contribution in [0.15, 0.2) is 39.7 Å². The van der Waals surface area contributed by atoms with Gasteiger partial charge in [0, 0.05) is 12.4 Å². The number of nitrogens with zero attached hydrogens (tertiary/aromatic N) is 2. The average molecular weight is 299 g/mol. The maximum atomic E-state index is 11.6. The molecule has 0 aliphatic carbocycles. The molecule has 0 aromatic carbocycles. The fourth-order valence-corrected chi connectivity index (χ4v) is 1.68. The van der Waals surface area contributed by atoms with Crippen LogP contribution in [0.3, 0.4) is 0 Å². The van der Waals surface area contributed by atoms with E-state index in [9.17, 15) is 4.79 Å². The van der Waals surface area contributed by atoms with Gasteiger partial charge < -0.3 is 9.15 Å². The number of rotatable bonds is 4. The van der Waals surface area contributed by atoms with Crippen molar-refractivity contribution in [2.75, 3.05) is 0 Å². The quantitative estimate of drug-likeness (QED) is 0.814. The zero-order valence-electron chi connectivity index (χ0n) is 9.17. The van der Waals surface area contributed by atoms with E-state index >= 15 is 0 Å². The van der Waals surface area contributed by atoms with Crippen molar-refractivity contribution in [3.63, 3.8) is 0 Å². The van der Waals surface area contributed by atoms with E-state index in [1.807, 2.05) is 12.3 Å². The molecule has 2 aromatic heterocycles. The van der Waals surface area contributed by atoms with Crippen LogP contribution >= 0.6 is 15.9 Å². The maximum absolute atomic E-state index is 11.6. The second-order valence-electron chi connectivity index (χ2n) is 3.55. The summed E-state index contributed by atoms with van der Waals surface area (Å²) in [7, 11) is 0. The first kappa shape index (κ1) is 11.9. The fourth-order valence-electron chi connectivity index (χ4n) is 1.37. The fraction of sp³-hybridized carbons (Fsp3) is 0.273. The lowest BCUT2D eigenvalue weighted by Crippen LogP contribution is -2.20. The van der Waals surface area contributed by atoms with Gasteiger partial charge in [0.05, 0.1) is 6.54 Å². The maximum Gasteiger partial charge on any atom is 0.374 e. The average Bonchev–Trinajstić information content (AvgIpc) is 2.89. The molecule has 0 aliphatic rings. The van der Waals surface area contributed by atoms with E-state index in [-0.39, 0.29) is 11.9 Å². The summed E-state index contributed by atoms with van der Waals surface area (Å²) < 4.78 is 12.5. The van der Waals surface area contributed by atoms with Crippen molar-refractivity contribution < 1.29 is 13.9 Å². The summed E-state index contributed by atoms with van der Waals surface area (Å²) in [4.78, 5) is 11.6. The summed E-state index contributed by atoms with van der Waals surface area (Å²) in [6.07, 6.45) is 3.22. The monoisotopic (exact) mass is 298 g/mol. The zero-order valence-corrected chi connectivity index (χ0v) is 10.8. The molecule has 0 fully saturated rings. The number of esters is 1. The molecule has 0 spiro atoms. The molecule has 2 heterocycles. The molecular formula is C11H11BrN2O3. The molecule has 0 saturated heterocycles. The largest absolute Gasteiger partial charge is 0.455 e. The van der Waals surface area contributed by atoms with Crippen molar-refractivity contribution in [1.82, 2.24) is 9.78 Å². The van der Waals surface area contributed by atoms with Gasteiger partial charge in [-0.25, -0.2) is 4.79 Å². The summed E-state index contributed by atoms with van der Waals surface area (Å²) in [5, 5.41) is 4.03. The second kappa shape index (κ2) is 5.18. The molecule has 5 nitrogen and oxygen atoms in total. The van der Waals surface area contributed by atoms with Crippen LogP contribution in [0.1, 0.15) is 17.5 Å². The number of furan rings is 1. The van der Waals surface area contributed by atoms with Gasteiger partial charge in [-0.15, -0.1) is 0 Å². The molecule has 2 aromatic rings. The Bertz CT molecular complexity index is 493. The molecule has 0 bridgehead atoms. The van der Waals surface area contributed by atoms with Crippen LogP contribution in [0.4, 0.5) is 0 Å². The Morgan fingerprint density at radius 1 is 1.65 bits per heavy atom. The summed E-state index contributed by atoms with van der Waals surface area (Å²) in [6, 6.07) is 5.03. The lowest BCUT2D eigenvalue weighted by atomic mass is 10.4. The minimum Gasteiger partial charge on any atom is -0.455 e. The Labute approximate surface area is 106 Å². The molecule has 0 aliphatic heterocycles. The van der Waals surface area contributed by atoms with Gasteiger partial charge >= 0.3 is 5.97 Å². The summed E-state index contributed by atoms with van der Waals surface area (Å²) in [6.45, 7) is 2.32. The SMILES string of the molecule is C[C@H](Cn1cccn1)OC(=O)c1ccc(Br)o1. The molecule has 6 heteroatoms. The van der Waals surface area contributed by atoms with Crippen molar-refractivity contribution >= 4 is 21.9 Å². The standard InChI is InChI=1S/C11H11BrN2O3/c1-8(7-14-6-2-5-13-14)16-11(15)9-3-4-10(12)17-9/h2-6,8H,7H2,1H3/t8-/m1/s1. The van der Waals surface area contributed by atoms with Gasteiger partial charge in [-0.1, -0.05) is 0 Å². The van der Waals surface area contributed by atoms with Crippen LogP contribution in [0, 0.1) is 0 Å². The Morgan fingerprint density at radius 3 is 3.06 bits per heavy atom. The number of carbonyl (C=O) groups is 1. The van der Waals surface area contributed by atoms with Gasteiger partial charge in [0.2, 0.25) is 5.76 Å². The summed E-state index contributed by atoms with van der Waals surface area (Å²) in [5.41, 5.74) is 0. The van der Waals surface area contributed by atoms with E-state index in [0.717, 1.165) is 0 Å². The highest BCUT2D eigenvalue weighted by Crippen LogP contribution is 2.15. The number of ether oxygens (including phenoxy) is 1. The van der Waals surface area contributed by atoms with Crippen molar-refractivity contribution in [1.29, 1.82) is 0 Å². The molecule has 90 valence electrons. The number of halogens is 1. The minimum atomic E-state index is -0.477. The predicted octanol–water partition coefficient (Wildman–Crippen LogP) is 2.48. The smallest absolute Gasteiger partial charge is 0.374 e. The molecule has 0 amide bonds. The lowest BCUT2D eigenvalue weighted by Gasteiger charge is -2.11. The Hall–Kier alpha value is -1.56. The molecular weight excluding hydrogens is 288 g/mol. The van der Waals surface area contributed by atoms with Crippen molar-refractivity contribution in [3.8, 4) is 0 Å². The van der Waals surface area contributed by atoms with Crippen LogP contribution in [0.2, 0.25) is 0 Å². The normalized spacial score (nSPS) is 12.4. The summed E-state index contributed by atoms with van der Waals surface area (Å²) >= 11 is 3.13. The highest BCUT2D eigenvalue weighted by Gasteiger charge is 2.15. The van der Waals surface area contributed by atoms with E-state index in [1.54, 1.807) is 29.9 Å². The van der Waals surface area contributed by atoms with Crippen LogP contribution in [0.5, 0.6) is 0 Å². The van der Waals surface area contributed by atoms with Gasteiger partial charge in [0.1, 0.15) is 6.10 Å². The van der Waals surface area contributed by atoms with Crippen molar-refractivity contribution in [3.05, 3.63) is 41.0 Å². The lowest BCUT2D eigenvalue weighted by molar-refractivity contribution is 0.0262. The van der Waals surface area contributed by atoms with Gasteiger partial charge in [-0.05, 0) is 41.1 Å². The first-order valence-corrected chi connectivity index (χ1v) is 5.88. The second-order valence-corrected chi connectivity index (χ2v) is 4.33. The van der Waals surface area contributed by atoms with Crippen molar-refractivity contribution in [2.45, 2.75) is 19.6 Å². The summed E-state index contributed by atoms with van der Waals surface area (Å²) in [5.74, 6) is -0.292. The van der Waals surface area contributed by atoms with Gasteiger partial charge in [0.25, 0.3) is 0 Å². The van der Waals surface area contributed by atoms with E-state index in [4.69, 9.17) is 9.15 Å². The van der Waals surface area contributed by atoms with Crippen LogP contribution in [0.25, 0.3) is 0 Å². The van der Waals surface area contributed by atoms with E-state index in [2.05, 4.69) is 21.0 Å². The highest BCUT2D eigenvalue weighted by atomic mass is 79.9. The topological polar surface area (TPSA) is 57.3 Å². The van der Waals surface area contributed by atoms with Crippen LogP contribution < -0.4 is 0 Å². The predicted molar refractivity (Wildman–Crippen MR) is 63.5 cm³/mol. The number of hydrogen-bond donors (Lipinski definition) is 0. The van der Waals surface area contributed by atoms with Crippen LogP contribution in [-0.2, 0) is 11.3 Å². The number of hydrogen-bond acceptors (Lipinski definition) is 4. The molecule has 1 atom stereocenters. The number of aromatic nitrogens is 2. The third-order valence-corrected chi connectivity index (χ3v) is 2.51. The molecule has 0 saturated carbocycles. The third-order valence-electron chi connectivity index (χ3n) is 2.09.